The summed E-state index contributed by atoms with van der Waals surface area (Å²) in [5, 5.41) is 9.79. The van der Waals surface area contributed by atoms with Gasteiger partial charge in [-0.3, -0.25) is 4.90 Å². The number of amides is 1. The molecule has 2 saturated heterocycles. The van der Waals surface area contributed by atoms with E-state index in [2.05, 4.69) is 9.64 Å². The Morgan fingerprint density at radius 2 is 2.21 bits per heavy atom. The number of hydrogen-bond donors (Lipinski definition) is 1. The maximum atomic E-state index is 11.7. The Bertz CT molecular complexity index is 662. The molecular weight excluding hydrogens is 312 g/mol. The van der Waals surface area contributed by atoms with Crippen molar-refractivity contribution in [2.75, 3.05) is 33.8 Å². The lowest BCUT2D eigenvalue weighted by Gasteiger charge is -2.38. The van der Waals surface area contributed by atoms with Crippen LogP contribution in [0.15, 0.2) is 18.2 Å². The van der Waals surface area contributed by atoms with Crippen LogP contribution in [0, 0.1) is 0 Å². The van der Waals surface area contributed by atoms with E-state index in [1.165, 1.54) is 13.2 Å². The van der Waals surface area contributed by atoms with E-state index in [1.54, 1.807) is 24.1 Å². The Morgan fingerprint density at radius 3 is 2.88 bits per heavy atom. The topological polar surface area (TPSA) is 79.3 Å². The van der Waals surface area contributed by atoms with Crippen LogP contribution in [0.4, 0.5) is 4.79 Å². The van der Waals surface area contributed by atoms with E-state index in [0.717, 1.165) is 24.9 Å². The summed E-state index contributed by atoms with van der Waals surface area (Å²) in [6.07, 6.45) is 1.54. The van der Waals surface area contributed by atoms with E-state index >= 15 is 0 Å². The normalized spacial score (nSPS) is 24.2. The summed E-state index contributed by atoms with van der Waals surface area (Å²) in [6.45, 7) is 2.79. The fourth-order valence-electron chi connectivity index (χ4n) is 3.54. The number of esters is 1. The summed E-state index contributed by atoms with van der Waals surface area (Å²) in [5.74, 6) is -0.650. The molecule has 0 bridgehead atoms. The monoisotopic (exact) mass is 334 g/mol. The molecule has 24 heavy (non-hydrogen) atoms. The lowest BCUT2D eigenvalue weighted by molar-refractivity contribution is -0.0113. The summed E-state index contributed by atoms with van der Waals surface area (Å²) in [7, 11) is 3.03. The number of likely N-dealkylation sites (N-methyl/N-ethyl adjacent to an activating group) is 1. The molecule has 3 rings (SSSR count). The van der Waals surface area contributed by atoms with Gasteiger partial charge >= 0.3 is 12.1 Å². The molecule has 2 fully saturated rings. The van der Waals surface area contributed by atoms with Crippen molar-refractivity contribution in [3.63, 3.8) is 0 Å². The number of methoxy groups -OCH3 is 1. The first-order chi connectivity index (χ1) is 11.4. The van der Waals surface area contributed by atoms with Gasteiger partial charge in [-0.2, -0.15) is 0 Å². The molecule has 1 amide bonds. The number of carbonyl (C=O) groups is 2. The summed E-state index contributed by atoms with van der Waals surface area (Å²) in [6, 6.07) is 4.94. The molecule has 130 valence electrons. The van der Waals surface area contributed by atoms with Crippen molar-refractivity contribution in [1.29, 1.82) is 0 Å². The standard InChI is InChI=1S/C17H22N2O5/c1-18-10-17(24-16(18)22)6-3-7-19(11-17)9-12-4-5-14(20)13(8-12)15(21)23-2/h4-5,8,20H,3,6-7,9-11H2,1-2H3. The van der Waals surface area contributed by atoms with Crippen molar-refractivity contribution in [2.24, 2.45) is 0 Å². The van der Waals surface area contributed by atoms with Crippen LogP contribution in [0.5, 0.6) is 5.75 Å². The molecule has 1 atom stereocenters. The number of rotatable bonds is 3. The number of hydrogen-bond acceptors (Lipinski definition) is 6. The van der Waals surface area contributed by atoms with Crippen LogP contribution in [0.2, 0.25) is 0 Å². The highest BCUT2D eigenvalue weighted by molar-refractivity contribution is 5.92. The lowest BCUT2D eigenvalue weighted by atomic mass is 9.92. The fraction of sp³-hybridized carbons (Fsp3) is 0.529. The summed E-state index contributed by atoms with van der Waals surface area (Å²) in [4.78, 5) is 27.2. The zero-order valence-corrected chi connectivity index (χ0v) is 13.9. The predicted molar refractivity (Wildman–Crippen MR) is 85.8 cm³/mol. The van der Waals surface area contributed by atoms with Crippen LogP contribution in [0.25, 0.3) is 0 Å². The van der Waals surface area contributed by atoms with Crippen LogP contribution >= 0.6 is 0 Å². The molecule has 1 aromatic rings. The number of likely N-dealkylation sites (tertiary alicyclic amines) is 1. The summed E-state index contributed by atoms with van der Waals surface area (Å²) < 4.78 is 10.3. The van der Waals surface area contributed by atoms with Gasteiger partial charge in [0.05, 0.1) is 13.7 Å². The van der Waals surface area contributed by atoms with Gasteiger partial charge in [-0.05, 0) is 37.1 Å². The molecule has 2 aliphatic rings. The van der Waals surface area contributed by atoms with Crippen molar-refractivity contribution in [3.05, 3.63) is 29.3 Å². The van der Waals surface area contributed by atoms with Gasteiger partial charge < -0.3 is 19.5 Å². The Balaban J connectivity index is 1.72. The lowest BCUT2D eigenvalue weighted by Crippen LogP contribution is -2.50. The molecule has 0 aliphatic carbocycles. The average Bonchev–Trinajstić information content (AvgIpc) is 2.82. The van der Waals surface area contributed by atoms with Crippen molar-refractivity contribution < 1.29 is 24.2 Å². The predicted octanol–water partition coefficient (Wildman–Crippen LogP) is 1.60. The van der Waals surface area contributed by atoms with Crippen molar-refractivity contribution >= 4 is 12.1 Å². The van der Waals surface area contributed by atoms with Gasteiger partial charge in [0.25, 0.3) is 0 Å². The first-order valence-corrected chi connectivity index (χ1v) is 7.99. The number of piperidine rings is 1. The first-order valence-electron chi connectivity index (χ1n) is 7.99. The third-order valence-corrected chi connectivity index (χ3v) is 4.63. The minimum absolute atomic E-state index is 0.0907. The summed E-state index contributed by atoms with van der Waals surface area (Å²) >= 11 is 0. The Kier molecular flexibility index (Phi) is 4.36. The average molecular weight is 334 g/mol. The zero-order valence-electron chi connectivity index (χ0n) is 13.9. The molecule has 1 aromatic carbocycles. The van der Waals surface area contributed by atoms with Gasteiger partial charge in [0, 0.05) is 20.1 Å². The minimum atomic E-state index is -0.559. The smallest absolute Gasteiger partial charge is 0.410 e. The molecule has 2 aliphatic heterocycles. The number of nitrogens with zero attached hydrogens (tertiary/aromatic N) is 2. The van der Waals surface area contributed by atoms with Crippen LogP contribution in [0.3, 0.4) is 0 Å². The quantitative estimate of drug-likeness (QED) is 0.846. The van der Waals surface area contributed by atoms with E-state index in [-0.39, 0.29) is 17.4 Å². The van der Waals surface area contributed by atoms with Gasteiger partial charge in [-0.25, -0.2) is 9.59 Å². The Morgan fingerprint density at radius 1 is 1.42 bits per heavy atom. The van der Waals surface area contributed by atoms with Crippen molar-refractivity contribution in [2.45, 2.75) is 25.0 Å². The van der Waals surface area contributed by atoms with Crippen LogP contribution in [-0.2, 0) is 16.0 Å². The van der Waals surface area contributed by atoms with E-state index in [4.69, 9.17) is 4.74 Å². The molecule has 1 spiro atoms. The van der Waals surface area contributed by atoms with E-state index in [1.807, 2.05) is 0 Å². The molecule has 0 radical (unpaired) electrons. The van der Waals surface area contributed by atoms with E-state index in [0.29, 0.717) is 19.6 Å². The second kappa shape index (κ2) is 6.32. The largest absolute Gasteiger partial charge is 0.507 e. The molecule has 1 unspecified atom stereocenters. The van der Waals surface area contributed by atoms with E-state index in [9.17, 15) is 14.7 Å². The number of aromatic hydroxyl groups is 1. The highest BCUT2D eigenvalue weighted by atomic mass is 16.6. The second-order valence-corrected chi connectivity index (χ2v) is 6.56. The molecule has 1 N–H and O–H groups in total. The minimum Gasteiger partial charge on any atom is -0.507 e. The molecule has 0 saturated carbocycles. The molecule has 7 nitrogen and oxygen atoms in total. The van der Waals surface area contributed by atoms with Crippen molar-refractivity contribution in [3.8, 4) is 5.75 Å². The van der Waals surface area contributed by atoms with Crippen LogP contribution in [-0.4, -0.2) is 66.4 Å². The maximum Gasteiger partial charge on any atom is 0.410 e. The number of benzene rings is 1. The van der Waals surface area contributed by atoms with E-state index < -0.39 is 11.6 Å². The third-order valence-electron chi connectivity index (χ3n) is 4.63. The first kappa shape index (κ1) is 16.6. The number of phenolic OH excluding ortho intramolecular Hbond substituents is 1. The maximum absolute atomic E-state index is 11.7. The number of carbonyl (C=O) groups excluding carboxylic acids is 2. The van der Waals surface area contributed by atoms with Gasteiger partial charge in [-0.1, -0.05) is 6.07 Å². The van der Waals surface area contributed by atoms with Crippen molar-refractivity contribution in [1.82, 2.24) is 9.80 Å². The molecular formula is C17H22N2O5. The van der Waals surface area contributed by atoms with Crippen LogP contribution < -0.4 is 0 Å². The zero-order chi connectivity index (χ0) is 17.3. The molecule has 2 heterocycles. The summed E-state index contributed by atoms with van der Waals surface area (Å²) in [5.41, 5.74) is 0.628. The van der Waals surface area contributed by atoms with Gasteiger partial charge in [0.15, 0.2) is 0 Å². The number of phenols is 1. The molecule has 0 aromatic heterocycles. The SMILES string of the molecule is COC(=O)c1cc(CN2CCCC3(C2)CN(C)C(=O)O3)ccc1O. The van der Waals surface area contributed by atoms with Crippen LogP contribution in [0.1, 0.15) is 28.8 Å². The van der Waals surface area contributed by atoms with Gasteiger partial charge in [0.2, 0.25) is 0 Å². The Hall–Kier alpha value is -2.28. The second-order valence-electron chi connectivity index (χ2n) is 6.56. The van der Waals surface area contributed by atoms with Gasteiger partial charge in [0.1, 0.15) is 16.9 Å². The Labute approximate surface area is 140 Å². The van der Waals surface area contributed by atoms with Gasteiger partial charge in [-0.15, -0.1) is 0 Å². The highest BCUT2D eigenvalue weighted by Crippen LogP contribution is 2.32. The fourth-order valence-corrected chi connectivity index (χ4v) is 3.54. The third kappa shape index (κ3) is 3.17. The number of ether oxygens (including phenoxy) is 2. The molecule has 7 heteroatoms. The highest BCUT2D eigenvalue weighted by Gasteiger charge is 2.46.